The van der Waals surface area contributed by atoms with Crippen LogP contribution in [0.4, 0.5) is 0 Å². The molecular weight excluding hydrogens is 705 g/mol. The van der Waals surface area contributed by atoms with E-state index in [9.17, 15) is 14.4 Å². The number of nitrogens with one attached hydrogen (secondary N) is 2. The van der Waals surface area contributed by atoms with Crippen LogP contribution in [0, 0.1) is 18.4 Å². The highest BCUT2D eigenvalue weighted by molar-refractivity contribution is 7.44. The van der Waals surface area contributed by atoms with Crippen LogP contribution in [-0.2, 0) is 23.3 Å². The van der Waals surface area contributed by atoms with Gasteiger partial charge in [0, 0.05) is 24.7 Å². The van der Waals surface area contributed by atoms with Crippen molar-refractivity contribution >= 4 is 14.4 Å². The van der Waals surface area contributed by atoms with Crippen molar-refractivity contribution in [3.05, 3.63) is 44.0 Å². The molecule has 1 aromatic heterocycles. The number of amides is 1. The number of carbonyl (C=O) groups is 1. The van der Waals surface area contributed by atoms with Crippen LogP contribution in [0.5, 0.6) is 0 Å². The number of rotatable bonds is 27. The van der Waals surface area contributed by atoms with Gasteiger partial charge in [-0.1, -0.05) is 116 Å². The number of carbonyl (C=O) groups excluding carboxylic acids is 1. The highest BCUT2D eigenvalue weighted by Crippen LogP contribution is 2.55. The Morgan fingerprint density at radius 1 is 1.02 bits per heavy atom. The number of hydrogen-bond acceptors (Lipinski definition) is 8. The highest BCUT2D eigenvalue weighted by Gasteiger charge is 2.63. The zero-order chi connectivity index (χ0) is 39.3. The maximum Gasteiger partial charge on any atom is 0.330 e. The normalized spacial score (nSPS) is 21.1. The molecule has 2 unspecified atom stereocenters. The Kier molecular flexibility index (Phi) is 21.1. The molecule has 2 fully saturated rings. The van der Waals surface area contributed by atoms with Gasteiger partial charge in [0.25, 0.3) is 14.1 Å². The number of fused-ring (bicyclic) bond motifs is 2. The van der Waals surface area contributed by atoms with Crippen LogP contribution in [0.2, 0.25) is 0 Å². The highest BCUT2D eigenvalue weighted by atomic mass is 31.2. The maximum absolute atomic E-state index is 13.1. The fraction of sp³-hybridized carbons (Fsp3) is 0.805. The van der Waals surface area contributed by atoms with Gasteiger partial charge >= 0.3 is 5.69 Å². The van der Waals surface area contributed by atoms with Crippen molar-refractivity contribution in [1.29, 1.82) is 0 Å². The molecule has 2 aliphatic heterocycles. The van der Waals surface area contributed by atoms with Crippen molar-refractivity contribution < 1.29 is 23.3 Å². The molecule has 0 aromatic carbocycles. The van der Waals surface area contributed by atoms with Gasteiger partial charge in [0.2, 0.25) is 12.5 Å². The summed E-state index contributed by atoms with van der Waals surface area (Å²) in [6, 6.07) is 0.222. The molecule has 0 aliphatic carbocycles. The third-order valence-electron chi connectivity index (χ3n) is 10.3. The van der Waals surface area contributed by atoms with Crippen LogP contribution >= 0.6 is 8.53 Å². The molecule has 1 amide bonds. The first-order valence-electron chi connectivity index (χ1n) is 20.7. The van der Waals surface area contributed by atoms with Crippen LogP contribution in [-0.4, -0.2) is 76.3 Å². The largest absolute Gasteiger partial charge is 0.368 e. The molecule has 3 rings (SSSR count). The van der Waals surface area contributed by atoms with Crippen molar-refractivity contribution in [1.82, 2.24) is 19.5 Å². The Morgan fingerprint density at radius 3 is 2.17 bits per heavy atom. The van der Waals surface area contributed by atoms with Gasteiger partial charge in [0.1, 0.15) is 30.0 Å². The van der Waals surface area contributed by atoms with E-state index in [0.717, 1.165) is 19.3 Å². The molecule has 0 saturated carbocycles. The number of nitrogens with zero attached hydrogens (tertiary/aromatic N) is 3. The molecule has 2 saturated heterocycles. The Hall–Kier alpha value is -2.57. The fourth-order valence-electron chi connectivity index (χ4n) is 7.28. The van der Waals surface area contributed by atoms with Crippen molar-refractivity contribution in [2.75, 3.05) is 26.3 Å². The van der Waals surface area contributed by atoms with Crippen LogP contribution < -0.4 is 16.6 Å². The Labute approximate surface area is 325 Å². The minimum Gasteiger partial charge on any atom is -0.368 e. The summed E-state index contributed by atoms with van der Waals surface area (Å²) in [4.78, 5) is 44.0. The summed E-state index contributed by atoms with van der Waals surface area (Å²) in [6.07, 6.45) is 19.5. The zero-order valence-electron chi connectivity index (χ0n) is 34.0. The predicted molar refractivity (Wildman–Crippen MR) is 215 cm³/mol. The lowest BCUT2D eigenvalue weighted by Crippen LogP contribution is -2.43. The molecule has 3 heterocycles. The lowest BCUT2D eigenvalue weighted by Gasteiger charge is -2.38. The molecule has 304 valence electrons. The number of aromatic amines is 1. The Bertz CT molecular complexity index is 1470. The number of hydrogen-bond donors (Lipinski definition) is 2. The van der Waals surface area contributed by atoms with E-state index in [2.05, 4.69) is 66.3 Å². The molecular formula is C41H68N5O7P. The standard InChI is InChI=1S/C41H68N5O7P/c1-8-10-11-12-13-14-15-16-17-18-19-20-21-22-23-26-35(47)43-27-24-25-34-30-45(40(49)44-38(34)48)39-36-37(41(9-2,52-39)31-50-36)53-54(51-29-28-42-7)46(32(3)4)33(5)6/h30,32-33,36-37,39H,8-23,26-29,31H2,1-6H3,(H,43,47)(H,44,48,49)/t36-,37?,39-,41-,54?/m1/s1. The molecule has 0 radical (unpaired) electrons. The molecule has 2 N–H and O–H groups in total. The van der Waals surface area contributed by atoms with Gasteiger partial charge in [-0.15, -0.1) is 0 Å². The van der Waals surface area contributed by atoms with Gasteiger partial charge in [-0.3, -0.25) is 19.1 Å². The smallest absolute Gasteiger partial charge is 0.330 e. The quantitative estimate of drug-likeness (QED) is 0.0399. The molecule has 2 bridgehead atoms. The lowest BCUT2D eigenvalue weighted by molar-refractivity contribution is -0.175. The summed E-state index contributed by atoms with van der Waals surface area (Å²) in [6.45, 7) is 20.5. The topological polar surface area (TPSA) is 128 Å². The zero-order valence-corrected chi connectivity index (χ0v) is 34.9. The van der Waals surface area contributed by atoms with E-state index in [4.69, 9.17) is 25.1 Å². The van der Waals surface area contributed by atoms with Crippen LogP contribution in [0.15, 0.2) is 15.8 Å². The molecule has 13 heteroatoms. The van der Waals surface area contributed by atoms with Gasteiger partial charge in [0.05, 0.1) is 13.2 Å². The minimum atomic E-state index is -1.58. The third-order valence-corrected chi connectivity index (χ3v) is 12.4. The average molecular weight is 774 g/mol. The van der Waals surface area contributed by atoms with Gasteiger partial charge in [-0.2, -0.15) is 0 Å². The number of aromatic nitrogens is 2. The molecule has 1 aromatic rings. The van der Waals surface area contributed by atoms with Crippen molar-refractivity contribution in [2.45, 2.75) is 187 Å². The van der Waals surface area contributed by atoms with Crippen molar-refractivity contribution in [2.24, 2.45) is 0 Å². The maximum atomic E-state index is 13.1. The Balaban J connectivity index is 1.47. The van der Waals surface area contributed by atoms with E-state index < -0.39 is 43.8 Å². The van der Waals surface area contributed by atoms with Crippen LogP contribution in [0.25, 0.3) is 4.85 Å². The monoisotopic (exact) mass is 773 g/mol. The van der Waals surface area contributed by atoms with Gasteiger partial charge < -0.3 is 28.7 Å². The van der Waals surface area contributed by atoms with Gasteiger partial charge in [-0.25, -0.2) is 16.0 Å². The van der Waals surface area contributed by atoms with Crippen molar-refractivity contribution in [3.63, 3.8) is 0 Å². The lowest BCUT2D eigenvalue weighted by atomic mass is 9.96. The number of H-pyrrole nitrogens is 1. The first-order chi connectivity index (χ1) is 26.1. The number of unbranched alkanes of at least 4 members (excludes halogenated alkanes) is 14. The van der Waals surface area contributed by atoms with E-state index in [0.29, 0.717) is 12.8 Å². The number of ether oxygens (including phenoxy) is 2. The van der Waals surface area contributed by atoms with Crippen molar-refractivity contribution in [3.8, 4) is 11.8 Å². The van der Waals surface area contributed by atoms with E-state index >= 15 is 0 Å². The fourth-order valence-corrected chi connectivity index (χ4v) is 9.08. The summed E-state index contributed by atoms with van der Waals surface area (Å²) in [5.74, 6) is 5.61. The molecule has 2 aliphatic rings. The van der Waals surface area contributed by atoms with E-state index in [-0.39, 0.29) is 49.9 Å². The molecule has 0 spiro atoms. The first-order valence-corrected chi connectivity index (χ1v) is 21.8. The van der Waals surface area contributed by atoms with Gasteiger partial charge in [0.15, 0.2) is 6.23 Å². The SMILES string of the molecule is [C-]#[N+]CCOP(OC1[C@H]2OC[C@@]1(CC)O[C@H]2n1cc(C#CCNC(=O)CCCCCCCCCCCCCCCCC)c(=O)[nH]c1=O)N(C(C)C)C(C)C. The summed E-state index contributed by atoms with van der Waals surface area (Å²) in [7, 11) is -1.58. The summed E-state index contributed by atoms with van der Waals surface area (Å²) in [5.41, 5.74) is -2.01. The van der Waals surface area contributed by atoms with E-state index in [1.54, 1.807) is 0 Å². The second-order valence-corrected chi connectivity index (χ2v) is 16.6. The van der Waals surface area contributed by atoms with Crippen LogP contribution in [0.3, 0.4) is 0 Å². The second-order valence-electron chi connectivity index (χ2n) is 15.2. The Morgan fingerprint density at radius 2 is 1.61 bits per heavy atom. The minimum absolute atomic E-state index is 0.0622. The third kappa shape index (κ3) is 14.2. The predicted octanol–water partition coefficient (Wildman–Crippen LogP) is 8.01. The summed E-state index contributed by atoms with van der Waals surface area (Å²) in [5, 5.41) is 2.82. The van der Waals surface area contributed by atoms with Gasteiger partial charge in [-0.05, 0) is 40.5 Å². The summed E-state index contributed by atoms with van der Waals surface area (Å²) < 4.78 is 29.1. The molecule has 12 nitrogen and oxygen atoms in total. The first kappa shape index (κ1) is 45.8. The molecule has 54 heavy (non-hydrogen) atoms. The summed E-state index contributed by atoms with van der Waals surface area (Å²) >= 11 is 0. The van der Waals surface area contributed by atoms with E-state index in [1.165, 1.54) is 87.8 Å². The van der Waals surface area contributed by atoms with Crippen LogP contribution in [0.1, 0.15) is 162 Å². The van der Waals surface area contributed by atoms with E-state index in [1.807, 2.05) is 6.92 Å². The second kappa shape index (κ2) is 24.8. The molecule has 5 atom stereocenters. The average Bonchev–Trinajstić information content (AvgIpc) is 3.63.